The van der Waals surface area contributed by atoms with Crippen molar-refractivity contribution < 1.29 is 9.90 Å². The first-order valence-electron chi connectivity index (χ1n) is 4.01. The van der Waals surface area contributed by atoms with Crippen LogP contribution in [-0.4, -0.2) is 23.8 Å². The lowest BCUT2D eigenvalue weighted by Gasteiger charge is -2.28. The molecule has 0 saturated carbocycles. The molecule has 2 heterocycles. The lowest BCUT2D eigenvalue weighted by molar-refractivity contribution is -0.125. The van der Waals surface area contributed by atoms with Gasteiger partial charge in [-0.2, -0.15) is 0 Å². The molecule has 2 atom stereocenters. The van der Waals surface area contributed by atoms with Gasteiger partial charge in [-0.25, -0.2) is 0 Å². The SMILES string of the molecule is O=C1CNC(O)C(c2cccs2)N1. The number of carbonyl (C=O) groups excluding carboxylic acids is 1. The Labute approximate surface area is 79.6 Å². The smallest absolute Gasteiger partial charge is 0.234 e. The van der Waals surface area contributed by atoms with E-state index in [4.69, 9.17) is 0 Å². The lowest BCUT2D eigenvalue weighted by atomic mass is 10.1. The van der Waals surface area contributed by atoms with Crippen LogP contribution >= 0.6 is 11.3 Å². The highest BCUT2D eigenvalue weighted by atomic mass is 32.1. The lowest BCUT2D eigenvalue weighted by Crippen LogP contribution is -2.53. The van der Waals surface area contributed by atoms with Crippen LogP contribution in [0.5, 0.6) is 0 Å². The van der Waals surface area contributed by atoms with Gasteiger partial charge < -0.3 is 10.4 Å². The predicted octanol–water partition coefficient (Wildman–Crippen LogP) is -0.173. The molecule has 1 amide bonds. The number of nitrogens with one attached hydrogen (secondary N) is 2. The average Bonchev–Trinajstić information content (AvgIpc) is 2.61. The van der Waals surface area contributed by atoms with Crippen LogP contribution in [0.1, 0.15) is 10.9 Å². The van der Waals surface area contributed by atoms with Crippen LogP contribution in [0.4, 0.5) is 0 Å². The van der Waals surface area contributed by atoms with E-state index in [1.165, 1.54) is 11.3 Å². The minimum absolute atomic E-state index is 0.0799. The number of aliphatic hydroxyl groups excluding tert-OH is 1. The molecule has 2 unspecified atom stereocenters. The van der Waals surface area contributed by atoms with E-state index in [0.29, 0.717) is 0 Å². The molecular weight excluding hydrogens is 188 g/mol. The number of thiophene rings is 1. The van der Waals surface area contributed by atoms with Crippen molar-refractivity contribution in [3.8, 4) is 0 Å². The Morgan fingerprint density at radius 1 is 1.62 bits per heavy atom. The van der Waals surface area contributed by atoms with E-state index in [0.717, 1.165) is 4.88 Å². The zero-order valence-corrected chi connectivity index (χ0v) is 7.67. The van der Waals surface area contributed by atoms with Crippen LogP contribution in [0.2, 0.25) is 0 Å². The minimum atomic E-state index is -0.684. The van der Waals surface area contributed by atoms with Crippen LogP contribution in [0, 0.1) is 0 Å². The maximum absolute atomic E-state index is 11.0. The summed E-state index contributed by atoms with van der Waals surface area (Å²) < 4.78 is 0. The van der Waals surface area contributed by atoms with Gasteiger partial charge in [0.05, 0.1) is 6.54 Å². The van der Waals surface area contributed by atoms with Crippen LogP contribution in [0.3, 0.4) is 0 Å². The molecule has 1 fully saturated rings. The van der Waals surface area contributed by atoms with Gasteiger partial charge >= 0.3 is 0 Å². The Bertz CT molecular complexity index is 299. The second kappa shape index (κ2) is 3.45. The molecule has 1 aromatic heterocycles. The van der Waals surface area contributed by atoms with Gasteiger partial charge in [0.2, 0.25) is 5.91 Å². The number of piperazine rings is 1. The molecule has 13 heavy (non-hydrogen) atoms. The van der Waals surface area contributed by atoms with Crippen LogP contribution in [-0.2, 0) is 4.79 Å². The van der Waals surface area contributed by atoms with E-state index >= 15 is 0 Å². The summed E-state index contributed by atoms with van der Waals surface area (Å²) in [6.45, 7) is 0.184. The first-order valence-corrected chi connectivity index (χ1v) is 4.89. The average molecular weight is 198 g/mol. The van der Waals surface area contributed by atoms with Gasteiger partial charge in [0, 0.05) is 4.88 Å². The molecule has 1 aliphatic heterocycles. The van der Waals surface area contributed by atoms with E-state index in [1.54, 1.807) is 0 Å². The third-order valence-electron chi connectivity index (χ3n) is 1.95. The summed E-state index contributed by atoms with van der Waals surface area (Å²) in [6, 6.07) is 3.49. The Hall–Kier alpha value is -0.910. The van der Waals surface area contributed by atoms with Crippen molar-refractivity contribution in [1.29, 1.82) is 0 Å². The fraction of sp³-hybridized carbons (Fsp3) is 0.375. The van der Waals surface area contributed by atoms with Gasteiger partial charge in [-0.3, -0.25) is 10.1 Å². The van der Waals surface area contributed by atoms with Gasteiger partial charge in [0.25, 0.3) is 0 Å². The molecule has 3 N–H and O–H groups in total. The highest BCUT2D eigenvalue weighted by Crippen LogP contribution is 2.22. The second-order valence-electron chi connectivity index (χ2n) is 2.89. The van der Waals surface area contributed by atoms with Crippen molar-refractivity contribution in [3.05, 3.63) is 22.4 Å². The molecular formula is C8H10N2O2S. The molecule has 0 bridgehead atoms. The van der Waals surface area contributed by atoms with Crippen molar-refractivity contribution in [1.82, 2.24) is 10.6 Å². The molecule has 0 spiro atoms. The predicted molar refractivity (Wildman–Crippen MR) is 49.2 cm³/mol. The van der Waals surface area contributed by atoms with Gasteiger partial charge in [0.15, 0.2) is 0 Å². The van der Waals surface area contributed by atoms with Gasteiger partial charge in [-0.15, -0.1) is 11.3 Å². The summed E-state index contributed by atoms with van der Waals surface area (Å²) in [5.74, 6) is -0.0799. The van der Waals surface area contributed by atoms with Crippen molar-refractivity contribution in [3.63, 3.8) is 0 Å². The number of carbonyl (C=O) groups is 1. The van der Waals surface area contributed by atoms with Gasteiger partial charge in [-0.1, -0.05) is 6.07 Å². The molecule has 2 rings (SSSR count). The quantitative estimate of drug-likeness (QED) is 0.587. The number of hydrogen-bond acceptors (Lipinski definition) is 4. The van der Waals surface area contributed by atoms with E-state index in [-0.39, 0.29) is 18.5 Å². The van der Waals surface area contributed by atoms with Crippen molar-refractivity contribution in [2.24, 2.45) is 0 Å². The zero-order valence-electron chi connectivity index (χ0n) is 6.86. The molecule has 1 aromatic rings. The van der Waals surface area contributed by atoms with Crippen molar-refractivity contribution in [2.45, 2.75) is 12.3 Å². The molecule has 0 radical (unpaired) electrons. The largest absolute Gasteiger partial charge is 0.376 e. The Balaban J connectivity index is 2.17. The Morgan fingerprint density at radius 2 is 2.46 bits per heavy atom. The topological polar surface area (TPSA) is 61.4 Å². The fourth-order valence-electron chi connectivity index (χ4n) is 1.31. The van der Waals surface area contributed by atoms with E-state index in [1.807, 2.05) is 17.5 Å². The minimum Gasteiger partial charge on any atom is -0.376 e. The Kier molecular flexibility index (Phi) is 2.30. The number of aliphatic hydroxyl groups is 1. The molecule has 0 aliphatic carbocycles. The third kappa shape index (κ3) is 1.72. The molecule has 4 nitrogen and oxygen atoms in total. The summed E-state index contributed by atoms with van der Waals surface area (Å²) >= 11 is 1.52. The normalized spacial score (nSPS) is 28.5. The van der Waals surface area contributed by atoms with Crippen LogP contribution < -0.4 is 10.6 Å². The summed E-state index contributed by atoms with van der Waals surface area (Å²) in [5.41, 5.74) is 0. The van der Waals surface area contributed by atoms with Crippen LogP contribution in [0.25, 0.3) is 0 Å². The van der Waals surface area contributed by atoms with Crippen molar-refractivity contribution in [2.75, 3.05) is 6.54 Å². The highest BCUT2D eigenvalue weighted by molar-refractivity contribution is 7.10. The zero-order chi connectivity index (χ0) is 9.26. The Morgan fingerprint density at radius 3 is 3.15 bits per heavy atom. The molecule has 0 aromatic carbocycles. The summed E-state index contributed by atoms with van der Waals surface area (Å²) in [5, 5.41) is 16.9. The molecule has 5 heteroatoms. The standard InChI is InChI=1S/C8H10N2O2S/c11-6-4-9-8(12)7(10-6)5-2-1-3-13-5/h1-3,7-9,12H,4H2,(H,10,11). The van der Waals surface area contributed by atoms with Crippen LogP contribution in [0.15, 0.2) is 17.5 Å². The summed E-state index contributed by atoms with van der Waals surface area (Å²) in [7, 11) is 0. The van der Waals surface area contributed by atoms with Gasteiger partial charge in [-0.05, 0) is 11.4 Å². The summed E-state index contributed by atoms with van der Waals surface area (Å²) in [6.07, 6.45) is -0.684. The monoisotopic (exact) mass is 198 g/mol. The highest BCUT2D eigenvalue weighted by Gasteiger charge is 2.28. The molecule has 1 saturated heterocycles. The first-order chi connectivity index (χ1) is 6.27. The first kappa shape index (κ1) is 8.68. The van der Waals surface area contributed by atoms with Gasteiger partial charge in [0.1, 0.15) is 12.3 Å². The molecule has 1 aliphatic rings. The molecule has 70 valence electrons. The van der Waals surface area contributed by atoms with E-state index in [2.05, 4.69) is 10.6 Å². The maximum atomic E-state index is 11.0. The van der Waals surface area contributed by atoms with E-state index < -0.39 is 6.23 Å². The fourth-order valence-corrected chi connectivity index (χ4v) is 2.12. The number of amides is 1. The van der Waals surface area contributed by atoms with Crippen molar-refractivity contribution >= 4 is 17.2 Å². The third-order valence-corrected chi connectivity index (χ3v) is 2.91. The maximum Gasteiger partial charge on any atom is 0.234 e. The number of rotatable bonds is 1. The number of hydrogen-bond donors (Lipinski definition) is 3. The van der Waals surface area contributed by atoms with E-state index in [9.17, 15) is 9.90 Å². The summed E-state index contributed by atoms with van der Waals surface area (Å²) in [4.78, 5) is 12.0. The second-order valence-corrected chi connectivity index (χ2v) is 3.87.